The fourth-order valence-electron chi connectivity index (χ4n) is 2.42. The molecule has 0 saturated carbocycles. The number of aliphatic hydroxyl groups is 1. The second-order valence-corrected chi connectivity index (χ2v) is 5.47. The molecule has 1 N–H and O–H groups in total. The van der Waals surface area contributed by atoms with E-state index in [0.29, 0.717) is 0 Å². The van der Waals surface area contributed by atoms with Gasteiger partial charge in [0.25, 0.3) is 0 Å². The Morgan fingerprint density at radius 2 is 2.11 bits per heavy atom. The number of aliphatic hydroxyl groups excluding tert-OH is 1. The van der Waals surface area contributed by atoms with E-state index in [-0.39, 0.29) is 0 Å². The molecule has 0 saturated heterocycles. The molecule has 1 aliphatic heterocycles. The van der Waals surface area contributed by atoms with Crippen LogP contribution >= 0.6 is 0 Å². The highest BCUT2D eigenvalue weighted by Crippen LogP contribution is 2.40. The summed E-state index contributed by atoms with van der Waals surface area (Å²) < 4.78 is 11.2. The van der Waals surface area contributed by atoms with Crippen LogP contribution in [-0.4, -0.2) is 23.9 Å². The zero-order valence-corrected chi connectivity index (χ0v) is 12.1. The van der Waals surface area contributed by atoms with Crippen molar-refractivity contribution in [1.29, 1.82) is 0 Å². The maximum atomic E-state index is 10.3. The van der Waals surface area contributed by atoms with Crippen LogP contribution in [0.25, 0.3) is 5.57 Å². The molecule has 104 valence electrons. The standard InChI is InChI=1S/C16H22O3/c1-5-6-14(17)13-10-16(2,3)19-15-9-11(18-4)7-8-12(13)15/h7-10,14,17H,5-6H2,1-4H3. The lowest BCUT2D eigenvalue weighted by molar-refractivity contribution is 0.150. The second kappa shape index (κ2) is 5.25. The van der Waals surface area contributed by atoms with Crippen LogP contribution in [0.15, 0.2) is 24.3 Å². The van der Waals surface area contributed by atoms with Crippen molar-refractivity contribution in [3.63, 3.8) is 0 Å². The molecule has 3 heteroatoms. The Hall–Kier alpha value is -1.48. The van der Waals surface area contributed by atoms with Crippen LogP contribution in [0.1, 0.15) is 39.2 Å². The molecule has 1 unspecified atom stereocenters. The first-order chi connectivity index (χ1) is 8.96. The molecule has 0 bridgehead atoms. The Labute approximate surface area is 114 Å². The number of rotatable bonds is 4. The van der Waals surface area contributed by atoms with Crippen LogP contribution in [0.4, 0.5) is 0 Å². The molecule has 19 heavy (non-hydrogen) atoms. The van der Waals surface area contributed by atoms with Gasteiger partial charge < -0.3 is 14.6 Å². The molecular weight excluding hydrogens is 240 g/mol. The molecule has 0 aromatic heterocycles. The molecule has 2 rings (SSSR count). The Balaban J connectivity index is 2.45. The van der Waals surface area contributed by atoms with E-state index in [0.717, 1.165) is 35.5 Å². The van der Waals surface area contributed by atoms with Gasteiger partial charge in [-0.15, -0.1) is 0 Å². The largest absolute Gasteiger partial charge is 0.497 e. The van der Waals surface area contributed by atoms with E-state index in [1.165, 1.54) is 0 Å². The highest BCUT2D eigenvalue weighted by molar-refractivity contribution is 5.76. The van der Waals surface area contributed by atoms with Crippen molar-refractivity contribution in [2.45, 2.75) is 45.3 Å². The topological polar surface area (TPSA) is 38.7 Å². The highest BCUT2D eigenvalue weighted by Gasteiger charge is 2.29. The highest BCUT2D eigenvalue weighted by atomic mass is 16.5. The van der Waals surface area contributed by atoms with Crippen LogP contribution in [0.5, 0.6) is 11.5 Å². The van der Waals surface area contributed by atoms with Crippen LogP contribution in [-0.2, 0) is 0 Å². The van der Waals surface area contributed by atoms with Crippen LogP contribution in [0, 0.1) is 0 Å². The fraction of sp³-hybridized carbons (Fsp3) is 0.500. The molecule has 0 radical (unpaired) electrons. The first-order valence-corrected chi connectivity index (χ1v) is 6.75. The predicted octanol–water partition coefficient (Wildman–Crippen LogP) is 3.41. The van der Waals surface area contributed by atoms with Gasteiger partial charge in [0.15, 0.2) is 0 Å². The third-order valence-electron chi connectivity index (χ3n) is 3.30. The lowest BCUT2D eigenvalue weighted by Crippen LogP contribution is -2.31. The Kier molecular flexibility index (Phi) is 3.85. The van der Waals surface area contributed by atoms with Crippen molar-refractivity contribution in [3.8, 4) is 11.5 Å². The third-order valence-corrected chi connectivity index (χ3v) is 3.30. The molecule has 0 amide bonds. The lowest BCUT2D eigenvalue weighted by atomic mass is 9.89. The Bertz CT molecular complexity index is 489. The minimum atomic E-state index is -0.444. The van der Waals surface area contributed by atoms with Gasteiger partial charge in [0.2, 0.25) is 0 Å². The van der Waals surface area contributed by atoms with E-state index in [9.17, 15) is 5.11 Å². The van der Waals surface area contributed by atoms with Crippen molar-refractivity contribution < 1.29 is 14.6 Å². The average molecular weight is 262 g/mol. The molecule has 1 aromatic rings. The van der Waals surface area contributed by atoms with E-state index in [4.69, 9.17) is 9.47 Å². The quantitative estimate of drug-likeness (QED) is 0.903. The maximum absolute atomic E-state index is 10.3. The second-order valence-electron chi connectivity index (χ2n) is 5.47. The Morgan fingerprint density at radius 1 is 1.37 bits per heavy atom. The van der Waals surface area contributed by atoms with Gasteiger partial charge in [0, 0.05) is 11.6 Å². The predicted molar refractivity (Wildman–Crippen MR) is 76.6 cm³/mol. The summed E-state index contributed by atoms with van der Waals surface area (Å²) in [5.74, 6) is 1.54. The van der Waals surface area contributed by atoms with Gasteiger partial charge in [0.05, 0.1) is 13.2 Å². The summed E-state index contributed by atoms with van der Waals surface area (Å²) >= 11 is 0. The van der Waals surface area contributed by atoms with E-state index >= 15 is 0 Å². The zero-order chi connectivity index (χ0) is 14.0. The summed E-state index contributed by atoms with van der Waals surface area (Å²) in [5.41, 5.74) is 1.50. The minimum absolute atomic E-state index is 0.413. The van der Waals surface area contributed by atoms with Crippen molar-refractivity contribution in [2.75, 3.05) is 7.11 Å². The van der Waals surface area contributed by atoms with Gasteiger partial charge in [-0.25, -0.2) is 0 Å². The summed E-state index contributed by atoms with van der Waals surface area (Å²) in [4.78, 5) is 0. The molecule has 1 aliphatic rings. The molecule has 3 nitrogen and oxygen atoms in total. The van der Waals surface area contributed by atoms with Gasteiger partial charge in [-0.1, -0.05) is 13.3 Å². The van der Waals surface area contributed by atoms with Crippen molar-refractivity contribution in [2.24, 2.45) is 0 Å². The first-order valence-electron chi connectivity index (χ1n) is 6.75. The van der Waals surface area contributed by atoms with E-state index in [2.05, 4.69) is 6.92 Å². The third kappa shape index (κ3) is 2.92. The number of hydrogen-bond donors (Lipinski definition) is 1. The molecule has 1 heterocycles. The van der Waals surface area contributed by atoms with Crippen LogP contribution < -0.4 is 9.47 Å². The van der Waals surface area contributed by atoms with Gasteiger partial charge >= 0.3 is 0 Å². The van der Waals surface area contributed by atoms with Crippen molar-refractivity contribution >= 4 is 5.57 Å². The lowest BCUT2D eigenvalue weighted by Gasteiger charge is -2.33. The summed E-state index contributed by atoms with van der Waals surface area (Å²) in [6.07, 6.45) is 3.28. The number of methoxy groups -OCH3 is 1. The van der Waals surface area contributed by atoms with E-state index < -0.39 is 11.7 Å². The number of benzene rings is 1. The average Bonchev–Trinajstić information content (AvgIpc) is 2.36. The van der Waals surface area contributed by atoms with Crippen molar-refractivity contribution in [3.05, 3.63) is 29.8 Å². The molecule has 0 fully saturated rings. The molecule has 1 atom stereocenters. The summed E-state index contributed by atoms with van der Waals surface area (Å²) in [5, 5.41) is 10.3. The first kappa shape index (κ1) is 13.9. The summed E-state index contributed by atoms with van der Waals surface area (Å²) in [7, 11) is 1.64. The van der Waals surface area contributed by atoms with Crippen LogP contribution in [0.3, 0.4) is 0 Å². The number of fused-ring (bicyclic) bond motifs is 1. The maximum Gasteiger partial charge on any atom is 0.131 e. The molecule has 1 aromatic carbocycles. The van der Waals surface area contributed by atoms with E-state index in [1.54, 1.807) is 7.11 Å². The minimum Gasteiger partial charge on any atom is -0.497 e. The van der Waals surface area contributed by atoms with Gasteiger partial charge in [0.1, 0.15) is 17.1 Å². The molecular formula is C16H22O3. The zero-order valence-electron chi connectivity index (χ0n) is 12.1. The van der Waals surface area contributed by atoms with Crippen molar-refractivity contribution in [1.82, 2.24) is 0 Å². The number of ether oxygens (including phenoxy) is 2. The summed E-state index contributed by atoms with van der Waals surface area (Å²) in [6.45, 7) is 6.06. The monoisotopic (exact) mass is 262 g/mol. The van der Waals surface area contributed by atoms with Crippen LogP contribution in [0.2, 0.25) is 0 Å². The van der Waals surface area contributed by atoms with Gasteiger partial charge in [-0.05, 0) is 44.1 Å². The summed E-state index contributed by atoms with van der Waals surface area (Å²) in [6, 6.07) is 5.73. The van der Waals surface area contributed by atoms with Gasteiger partial charge in [-0.3, -0.25) is 0 Å². The van der Waals surface area contributed by atoms with E-state index in [1.807, 2.05) is 38.1 Å². The van der Waals surface area contributed by atoms with Gasteiger partial charge in [-0.2, -0.15) is 0 Å². The molecule has 0 spiro atoms. The normalized spacial score (nSPS) is 18.1. The SMILES string of the molecule is CCCC(O)C1=CC(C)(C)Oc2cc(OC)ccc21. The number of hydrogen-bond acceptors (Lipinski definition) is 3. The Morgan fingerprint density at radius 3 is 2.74 bits per heavy atom. The molecule has 0 aliphatic carbocycles. The fourth-order valence-corrected chi connectivity index (χ4v) is 2.42. The smallest absolute Gasteiger partial charge is 0.131 e.